The van der Waals surface area contributed by atoms with Crippen LogP contribution in [-0.4, -0.2) is 20.2 Å². The molecule has 0 fully saturated rings. The fraction of sp³-hybridized carbons (Fsp3) is 0.318. The summed E-state index contributed by atoms with van der Waals surface area (Å²) in [5, 5.41) is 3.73. The summed E-state index contributed by atoms with van der Waals surface area (Å²) >= 11 is 0. The van der Waals surface area contributed by atoms with Crippen LogP contribution in [0.4, 0.5) is 5.69 Å². The van der Waals surface area contributed by atoms with Gasteiger partial charge in [0.05, 0.1) is 31.5 Å². The Morgan fingerprint density at radius 1 is 1.12 bits per heavy atom. The number of esters is 1. The van der Waals surface area contributed by atoms with Crippen LogP contribution in [0.15, 0.2) is 48.6 Å². The van der Waals surface area contributed by atoms with Gasteiger partial charge in [0.15, 0.2) is 0 Å². The van der Waals surface area contributed by atoms with E-state index in [-0.39, 0.29) is 12.0 Å². The molecule has 0 bridgehead atoms. The van der Waals surface area contributed by atoms with Gasteiger partial charge in [-0.1, -0.05) is 30.4 Å². The number of aryl methyl sites for hydroxylation is 1. The summed E-state index contributed by atoms with van der Waals surface area (Å²) in [7, 11) is 3.11. The van der Waals surface area contributed by atoms with Gasteiger partial charge >= 0.3 is 5.97 Å². The quantitative estimate of drug-likeness (QED) is 0.649. The molecular formula is C22H23NO3. The van der Waals surface area contributed by atoms with Crippen molar-refractivity contribution in [2.24, 2.45) is 5.92 Å². The first-order chi connectivity index (χ1) is 12.6. The van der Waals surface area contributed by atoms with Crippen molar-refractivity contribution < 1.29 is 14.3 Å². The highest BCUT2D eigenvalue weighted by atomic mass is 16.5. The van der Waals surface area contributed by atoms with Crippen LogP contribution in [0.2, 0.25) is 0 Å². The van der Waals surface area contributed by atoms with E-state index in [1.165, 1.54) is 23.8 Å². The Bertz CT molecular complexity index is 870. The molecule has 2 aromatic carbocycles. The van der Waals surface area contributed by atoms with Gasteiger partial charge in [0.25, 0.3) is 0 Å². The number of anilines is 1. The normalized spacial score (nSPS) is 23.0. The highest BCUT2D eigenvalue weighted by Crippen LogP contribution is 2.53. The second kappa shape index (κ2) is 6.52. The minimum absolute atomic E-state index is 0.171. The second-order valence-electron chi connectivity index (χ2n) is 6.96. The molecule has 0 unspecified atom stereocenters. The van der Waals surface area contributed by atoms with Crippen molar-refractivity contribution >= 4 is 11.7 Å². The molecule has 4 rings (SSSR count). The summed E-state index contributed by atoms with van der Waals surface area (Å²) in [6.07, 6.45) is 5.64. The van der Waals surface area contributed by atoms with Crippen molar-refractivity contribution in [1.82, 2.24) is 0 Å². The lowest BCUT2D eigenvalue weighted by Gasteiger charge is -2.39. The number of ether oxygens (including phenoxy) is 2. The zero-order valence-corrected chi connectivity index (χ0v) is 15.3. The molecule has 0 saturated carbocycles. The molecule has 1 heterocycles. The van der Waals surface area contributed by atoms with Gasteiger partial charge in [-0.25, -0.2) is 4.79 Å². The summed E-state index contributed by atoms with van der Waals surface area (Å²) in [5.74, 6) is 1.40. The van der Waals surface area contributed by atoms with Gasteiger partial charge < -0.3 is 14.8 Å². The van der Waals surface area contributed by atoms with E-state index in [1.807, 2.05) is 30.3 Å². The summed E-state index contributed by atoms with van der Waals surface area (Å²) < 4.78 is 10.4. The van der Waals surface area contributed by atoms with Gasteiger partial charge in [-0.3, -0.25) is 0 Å². The molecule has 134 valence electrons. The predicted molar refractivity (Wildman–Crippen MR) is 102 cm³/mol. The number of hydrogen-bond acceptors (Lipinski definition) is 4. The molecule has 26 heavy (non-hydrogen) atoms. The van der Waals surface area contributed by atoms with Crippen molar-refractivity contribution in [2.45, 2.75) is 25.3 Å². The molecule has 1 aliphatic carbocycles. The molecule has 0 amide bonds. The number of hydrogen-bond donors (Lipinski definition) is 1. The third kappa shape index (κ3) is 2.57. The van der Waals surface area contributed by atoms with Crippen LogP contribution in [0.25, 0.3) is 0 Å². The maximum atomic E-state index is 11.7. The number of fused-ring (bicyclic) bond motifs is 3. The van der Waals surface area contributed by atoms with E-state index in [0.717, 1.165) is 17.9 Å². The SMILES string of the molecule is COC(=O)c1ccc([C@@H]2Nc3c(OC)ccc(C)c3[C@@H]3C=CC[C@@H]32)cc1. The maximum absolute atomic E-state index is 11.7. The lowest BCUT2D eigenvalue weighted by molar-refractivity contribution is 0.0600. The average molecular weight is 349 g/mol. The Kier molecular flexibility index (Phi) is 4.19. The molecule has 4 nitrogen and oxygen atoms in total. The van der Waals surface area contributed by atoms with Gasteiger partial charge in [0.1, 0.15) is 5.75 Å². The Balaban J connectivity index is 1.75. The molecule has 0 saturated heterocycles. The predicted octanol–water partition coefficient (Wildman–Crippen LogP) is 4.62. The summed E-state index contributed by atoms with van der Waals surface area (Å²) in [4.78, 5) is 11.7. The number of allylic oxidation sites excluding steroid dienone is 2. The zero-order valence-electron chi connectivity index (χ0n) is 15.3. The Morgan fingerprint density at radius 2 is 1.88 bits per heavy atom. The van der Waals surface area contributed by atoms with Crippen LogP contribution < -0.4 is 10.1 Å². The Hall–Kier alpha value is -2.75. The van der Waals surface area contributed by atoms with Crippen molar-refractivity contribution in [1.29, 1.82) is 0 Å². The molecule has 0 radical (unpaired) electrons. The fourth-order valence-electron chi connectivity index (χ4n) is 4.32. The van der Waals surface area contributed by atoms with Crippen molar-refractivity contribution in [3.05, 3.63) is 70.8 Å². The van der Waals surface area contributed by atoms with E-state index < -0.39 is 0 Å². The third-order valence-electron chi connectivity index (χ3n) is 5.61. The van der Waals surface area contributed by atoms with Crippen LogP contribution in [0.1, 0.15) is 45.4 Å². The first-order valence-corrected chi connectivity index (χ1v) is 8.93. The molecule has 0 spiro atoms. The highest BCUT2D eigenvalue weighted by Gasteiger charge is 2.39. The van der Waals surface area contributed by atoms with Crippen LogP contribution in [0.3, 0.4) is 0 Å². The number of carbonyl (C=O) groups excluding carboxylic acids is 1. The van der Waals surface area contributed by atoms with E-state index in [0.29, 0.717) is 17.4 Å². The third-order valence-corrected chi connectivity index (χ3v) is 5.61. The number of nitrogens with one attached hydrogen (secondary N) is 1. The summed E-state index contributed by atoms with van der Waals surface area (Å²) in [5.41, 5.74) is 5.45. The van der Waals surface area contributed by atoms with Crippen LogP contribution >= 0.6 is 0 Å². The van der Waals surface area contributed by atoms with Crippen LogP contribution in [0.5, 0.6) is 5.75 Å². The summed E-state index contributed by atoms with van der Waals surface area (Å²) in [6, 6.07) is 12.0. The largest absolute Gasteiger partial charge is 0.495 e. The Morgan fingerprint density at radius 3 is 2.58 bits per heavy atom. The monoisotopic (exact) mass is 349 g/mol. The summed E-state index contributed by atoms with van der Waals surface area (Å²) in [6.45, 7) is 2.16. The first-order valence-electron chi connectivity index (χ1n) is 8.93. The molecule has 1 aliphatic heterocycles. The highest BCUT2D eigenvalue weighted by molar-refractivity contribution is 5.89. The number of methoxy groups -OCH3 is 2. The standard InChI is InChI=1S/C22H23NO3/c1-13-7-12-18(25-2)21-19(13)16-5-4-6-17(16)20(23-21)14-8-10-15(11-9-14)22(24)26-3/h4-5,7-12,16-17,20,23H,6H2,1-3H3/t16-,17+,20+/m1/s1. The van der Waals surface area contributed by atoms with E-state index >= 15 is 0 Å². The Labute approximate surface area is 153 Å². The number of carbonyl (C=O) groups is 1. The van der Waals surface area contributed by atoms with Crippen LogP contribution in [0, 0.1) is 12.8 Å². The topological polar surface area (TPSA) is 47.6 Å². The molecule has 4 heteroatoms. The molecule has 3 atom stereocenters. The first kappa shape index (κ1) is 16.7. The molecule has 2 aromatic rings. The average Bonchev–Trinajstić information content (AvgIpc) is 3.16. The van der Waals surface area contributed by atoms with Gasteiger partial charge in [-0.2, -0.15) is 0 Å². The molecular weight excluding hydrogens is 326 g/mol. The number of benzene rings is 2. The lowest BCUT2D eigenvalue weighted by Crippen LogP contribution is -2.30. The fourth-order valence-corrected chi connectivity index (χ4v) is 4.32. The maximum Gasteiger partial charge on any atom is 0.337 e. The van der Waals surface area contributed by atoms with E-state index in [4.69, 9.17) is 9.47 Å². The number of rotatable bonds is 3. The smallest absolute Gasteiger partial charge is 0.337 e. The van der Waals surface area contributed by atoms with Crippen molar-refractivity contribution in [3.63, 3.8) is 0 Å². The van der Waals surface area contributed by atoms with Crippen LogP contribution in [-0.2, 0) is 4.74 Å². The molecule has 0 aromatic heterocycles. The minimum atomic E-state index is -0.309. The van der Waals surface area contributed by atoms with Gasteiger partial charge in [-0.05, 0) is 54.2 Å². The van der Waals surface area contributed by atoms with Crippen molar-refractivity contribution in [3.8, 4) is 5.75 Å². The minimum Gasteiger partial charge on any atom is -0.495 e. The molecule has 2 aliphatic rings. The zero-order chi connectivity index (χ0) is 18.3. The van der Waals surface area contributed by atoms with E-state index in [2.05, 4.69) is 30.5 Å². The second-order valence-corrected chi connectivity index (χ2v) is 6.96. The van der Waals surface area contributed by atoms with E-state index in [1.54, 1.807) is 7.11 Å². The lowest BCUT2D eigenvalue weighted by atomic mass is 9.75. The van der Waals surface area contributed by atoms with Gasteiger partial charge in [0, 0.05) is 5.92 Å². The van der Waals surface area contributed by atoms with E-state index in [9.17, 15) is 4.79 Å². The van der Waals surface area contributed by atoms with Gasteiger partial charge in [-0.15, -0.1) is 0 Å². The molecule has 1 N–H and O–H groups in total. The van der Waals surface area contributed by atoms with Gasteiger partial charge in [0.2, 0.25) is 0 Å². The van der Waals surface area contributed by atoms with Crippen molar-refractivity contribution in [2.75, 3.05) is 19.5 Å².